The maximum absolute atomic E-state index is 4.11. The van der Waals surface area contributed by atoms with Gasteiger partial charge in [0, 0.05) is 11.6 Å². The van der Waals surface area contributed by atoms with Gasteiger partial charge in [-0.25, -0.2) is 0 Å². The van der Waals surface area contributed by atoms with Crippen LogP contribution in [0.5, 0.6) is 0 Å². The summed E-state index contributed by atoms with van der Waals surface area (Å²) in [6.45, 7) is 12.3. The molecule has 0 aromatic heterocycles. The lowest BCUT2D eigenvalue weighted by atomic mass is 9.70. The molecule has 0 amide bonds. The zero-order valence-electron chi connectivity index (χ0n) is 16.7. The normalized spacial score (nSPS) is 41.2. The van der Waals surface area contributed by atoms with Crippen molar-refractivity contribution in [2.45, 2.75) is 89.5 Å². The van der Waals surface area contributed by atoms with E-state index in [2.05, 4.69) is 57.8 Å². The fourth-order valence-electron chi connectivity index (χ4n) is 6.78. The fourth-order valence-corrected chi connectivity index (χ4v) is 11.2. The zero-order chi connectivity index (χ0) is 17.0. The van der Waals surface area contributed by atoms with E-state index in [0.717, 1.165) is 35.3 Å². The largest absolute Gasteiger partial charge is 0.332 e. The molecule has 3 rings (SSSR count). The Kier molecular flexibility index (Phi) is 4.79. The van der Waals surface area contributed by atoms with Crippen LogP contribution in [-0.2, 0) is 0 Å². The van der Waals surface area contributed by atoms with E-state index in [9.17, 15) is 0 Å². The molecule has 2 nitrogen and oxygen atoms in total. The van der Waals surface area contributed by atoms with E-state index in [4.69, 9.17) is 0 Å². The summed E-state index contributed by atoms with van der Waals surface area (Å²) in [5.41, 5.74) is 1.21. The minimum atomic E-state index is -1.42. The van der Waals surface area contributed by atoms with E-state index >= 15 is 0 Å². The molecule has 0 aliphatic heterocycles. The zero-order valence-corrected chi connectivity index (χ0v) is 17.7. The maximum atomic E-state index is 4.11. The quantitative estimate of drug-likeness (QED) is 0.750. The molecular formula is C20H40N2Si. The van der Waals surface area contributed by atoms with Crippen molar-refractivity contribution in [1.82, 2.24) is 9.88 Å². The Morgan fingerprint density at radius 1 is 0.913 bits per heavy atom. The number of fused-ring (bicyclic) bond motifs is 2. The number of rotatable bonds is 3. The van der Waals surface area contributed by atoms with Crippen LogP contribution in [0.2, 0.25) is 18.6 Å². The van der Waals surface area contributed by atoms with Gasteiger partial charge in [-0.3, -0.25) is 0 Å². The van der Waals surface area contributed by atoms with Crippen LogP contribution in [0.3, 0.4) is 0 Å². The van der Waals surface area contributed by atoms with Crippen LogP contribution in [0, 0.1) is 23.7 Å². The summed E-state index contributed by atoms with van der Waals surface area (Å²) >= 11 is 0. The highest BCUT2D eigenvalue weighted by Crippen LogP contribution is 2.59. The second kappa shape index (κ2) is 6.14. The lowest BCUT2D eigenvalue weighted by Gasteiger charge is -2.44. The lowest BCUT2D eigenvalue weighted by molar-refractivity contribution is 0.107. The average Bonchev–Trinajstić information content (AvgIpc) is 2.95. The predicted molar refractivity (Wildman–Crippen MR) is 103 cm³/mol. The average molecular weight is 337 g/mol. The molecule has 0 spiro atoms. The van der Waals surface area contributed by atoms with Gasteiger partial charge in [-0.1, -0.05) is 32.4 Å². The molecule has 0 aromatic carbocycles. The molecule has 0 saturated heterocycles. The minimum Gasteiger partial charge on any atom is -0.332 e. The Hall–Kier alpha value is 0.137. The van der Waals surface area contributed by atoms with Crippen molar-refractivity contribution >= 4 is 8.24 Å². The van der Waals surface area contributed by atoms with Crippen LogP contribution in [0.1, 0.15) is 59.3 Å². The number of nitrogens with zero attached hydrogens (tertiary/aromatic N) is 1. The Morgan fingerprint density at radius 3 is 2.00 bits per heavy atom. The SMILES string of the molecule is CN(C)C1CC([Si](C)(C)NC(C)(C)C)C2CC3CCCC3CC21. The molecule has 23 heavy (non-hydrogen) atoms. The summed E-state index contributed by atoms with van der Waals surface area (Å²) < 4.78 is 0. The van der Waals surface area contributed by atoms with E-state index in [1.54, 1.807) is 6.42 Å². The molecular weight excluding hydrogens is 296 g/mol. The van der Waals surface area contributed by atoms with Gasteiger partial charge >= 0.3 is 0 Å². The predicted octanol–water partition coefficient (Wildman–Crippen LogP) is 4.73. The van der Waals surface area contributed by atoms with E-state index in [0.29, 0.717) is 0 Å². The van der Waals surface area contributed by atoms with Gasteiger partial charge in [0.05, 0.1) is 0 Å². The first-order chi connectivity index (χ1) is 10.6. The van der Waals surface area contributed by atoms with E-state index in [-0.39, 0.29) is 5.54 Å². The Balaban J connectivity index is 1.83. The first kappa shape index (κ1) is 17.9. The highest BCUT2D eigenvalue weighted by molar-refractivity contribution is 6.76. The molecule has 0 aromatic rings. The van der Waals surface area contributed by atoms with Crippen LogP contribution in [0.15, 0.2) is 0 Å². The molecule has 3 heteroatoms. The summed E-state index contributed by atoms with van der Waals surface area (Å²) in [6, 6.07) is 0.833. The van der Waals surface area contributed by atoms with Gasteiger partial charge in [-0.2, -0.15) is 0 Å². The third-order valence-electron chi connectivity index (χ3n) is 7.31. The van der Waals surface area contributed by atoms with E-state index < -0.39 is 8.24 Å². The second-order valence-corrected chi connectivity index (χ2v) is 15.2. The van der Waals surface area contributed by atoms with Crippen LogP contribution < -0.4 is 4.98 Å². The van der Waals surface area contributed by atoms with Gasteiger partial charge in [-0.15, -0.1) is 0 Å². The molecule has 3 saturated carbocycles. The first-order valence-corrected chi connectivity index (χ1v) is 13.1. The van der Waals surface area contributed by atoms with Crippen LogP contribution >= 0.6 is 0 Å². The third-order valence-corrected chi connectivity index (χ3v) is 11.2. The molecule has 3 fully saturated rings. The maximum Gasteiger partial charge on any atom is 0.123 e. The van der Waals surface area contributed by atoms with E-state index in [1.807, 2.05) is 0 Å². The summed E-state index contributed by atoms with van der Waals surface area (Å²) in [7, 11) is 3.24. The van der Waals surface area contributed by atoms with Crippen molar-refractivity contribution in [3.63, 3.8) is 0 Å². The summed E-state index contributed by atoms with van der Waals surface area (Å²) in [5.74, 6) is 4.11. The topological polar surface area (TPSA) is 15.3 Å². The van der Waals surface area contributed by atoms with Crippen molar-refractivity contribution in [3.8, 4) is 0 Å². The summed E-state index contributed by atoms with van der Waals surface area (Å²) in [5, 5.41) is 0. The van der Waals surface area contributed by atoms with Gasteiger partial charge in [0.1, 0.15) is 8.24 Å². The van der Waals surface area contributed by atoms with Gasteiger partial charge < -0.3 is 9.88 Å². The Bertz CT molecular complexity index is 426. The molecule has 6 unspecified atom stereocenters. The number of hydrogen-bond acceptors (Lipinski definition) is 2. The monoisotopic (exact) mass is 336 g/mol. The van der Waals surface area contributed by atoms with Crippen LogP contribution in [0.4, 0.5) is 0 Å². The van der Waals surface area contributed by atoms with Crippen molar-refractivity contribution in [3.05, 3.63) is 0 Å². The molecule has 6 atom stereocenters. The fraction of sp³-hybridized carbons (Fsp3) is 1.00. The van der Waals surface area contributed by atoms with Gasteiger partial charge in [-0.05, 0) is 83.3 Å². The van der Waals surface area contributed by atoms with E-state index in [1.165, 1.54) is 32.1 Å². The first-order valence-electron chi connectivity index (χ1n) is 10.0. The summed E-state index contributed by atoms with van der Waals surface area (Å²) in [4.78, 5) is 6.67. The van der Waals surface area contributed by atoms with Gasteiger partial charge in [0.2, 0.25) is 0 Å². The third kappa shape index (κ3) is 3.57. The van der Waals surface area contributed by atoms with Gasteiger partial charge in [0.25, 0.3) is 0 Å². The molecule has 3 aliphatic carbocycles. The Labute approximate surface area is 145 Å². The molecule has 0 bridgehead atoms. The smallest absolute Gasteiger partial charge is 0.123 e. The Morgan fingerprint density at radius 2 is 1.48 bits per heavy atom. The lowest BCUT2D eigenvalue weighted by Crippen LogP contribution is -2.58. The highest BCUT2D eigenvalue weighted by atomic mass is 28.3. The van der Waals surface area contributed by atoms with Crippen LogP contribution in [-0.4, -0.2) is 38.8 Å². The minimum absolute atomic E-state index is 0.256. The molecule has 0 radical (unpaired) electrons. The van der Waals surface area contributed by atoms with Crippen molar-refractivity contribution < 1.29 is 0 Å². The van der Waals surface area contributed by atoms with Crippen molar-refractivity contribution in [2.75, 3.05) is 14.1 Å². The molecule has 1 N–H and O–H groups in total. The molecule has 0 heterocycles. The standard InChI is InChI=1S/C20H40N2Si/c1-20(2,3)21-23(6,7)19-13-18(22(4)5)16-11-14-9-8-10-15(14)12-17(16)19/h14-19,21H,8-13H2,1-7H3. The number of hydrogen-bond donors (Lipinski definition) is 1. The number of nitrogens with one attached hydrogen (secondary N) is 1. The second-order valence-electron chi connectivity index (χ2n) is 10.7. The van der Waals surface area contributed by atoms with Crippen molar-refractivity contribution in [1.29, 1.82) is 0 Å². The highest BCUT2D eigenvalue weighted by Gasteiger charge is 2.55. The summed E-state index contributed by atoms with van der Waals surface area (Å²) in [6.07, 6.45) is 9.10. The van der Waals surface area contributed by atoms with Crippen LogP contribution in [0.25, 0.3) is 0 Å². The van der Waals surface area contributed by atoms with Gasteiger partial charge in [0.15, 0.2) is 0 Å². The molecule has 134 valence electrons. The molecule has 3 aliphatic rings. The van der Waals surface area contributed by atoms with Crippen molar-refractivity contribution in [2.24, 2.45) is 23.7 Å².